The third-order valence-corrected chi connectivity index (χ3v) is 5.09. The van der Waals surface area contributed by atoms with Crippen molar-refractivity contribution >= 4 is 23.6 Å². The number of amides is 3. The molecule has 2 aromatic carbocycles. The second-order valence-electron chi connectivity index (χ2n) is 10.7. The third-order valence-electron chi connectivity index (χ3n) is 5.09. The number of para-hydroxylation sites is 1. The number of carbonyl (C=O) groups excluding carboxylic acids is 3. The molecule has 0 spiro atoms. The van der Waals surface area contributed by atoms with E-state index in [1.165, 1.54) is 0 Å². The summed E-state index contributed by atoms with van der Waals surface area (Å²) in [6.07, 6.45) is -0.485. The zero-order chi connectivity index (χ0) is 26.9. The van der Waals surface area contributed by atoms with Gasteiger partial charge in [0.1, 0.15) is 11.4 Å². The molecule has 0 aliphatic rings. The maximum atomic E-state index is 12.5. The maximum Gasteiger partial charge on any atom is 0.407 e. The van der Waals surface area contributed by atoms with Gasteiger partial charge in [0.05, 0.1) is 0 Å². The van der Waals surface area contributed by atoms with Crippen LogP contribution in [0.15, 0.2) is 42.5 Å². The van der Waals surface area contributed by atoms with Gasteiger partial charge in [-0.2, -0.15) is 0 Å². The summed E-state index contributed by atoms with van der Waals surface area (Å²) in [6, 6.07) is 13.2. The molecule has 0 heterocycles. The standard InChI is InChI=1S/C28H39N3O5/c1-19-12-13-23(21(16-19)27(2,3)4)35-18-25(33)30-17-20-10-8-9-11-22(20)31-24(32)14-15-29-26(34)36-28(5,6)7/h8-13,16H,14-15,17-18H2,1-7H3,(H,29,34)(H,30,33)(H,31,32). The van der Waals surface area contributed by atoms with Crippen molar-refractivity contribution in [1.29, 1.82) is 0 Å². The van der Waals surface area contributed by atoms with E-state index in [1.807, 2.05) is 31.2 Å². The molecule has 0 radical (unpaired) electrons. The molecule has 8 nitrogen and oxygen atoms in total. The Morgan fingerprint density at radius 3 is 2.25 bits per heavy atom. The second kappa shape index (κ2) is 12.4. The first-order valence-corrected chi connectivity index (χ1v) is 12.1. The minimum Gasteiger partial charge on any atom is -0.483 e. The van der Waals surface area contributed by atoms with E-state index in [1.54, 1.807) is 32.9 Å². The van der Waals surface area contributed by atoms with Crippen LogP contribution >= 0.6 is 0 Å². The summed E-state index contributed by atoms with van der Waals surface area (Å²) in [5.41, 5.74) is 2.81. The molecule has 0 aliphatic heterocycles. The molecule has 0 aliphatic carbocycles. The van der Waals surface area contributed by atoms with E-state index < -0.39 is 11.7 Å². The number of anilines is 1. The minimum absolute atomic E-state index is 0.0838. The Labute approximate surface area is 214 Å². The summed E-state index contributed by atoms with van der Waals surface area (Å²) in [7, 11) is 0. The lowest BCUT2D eigenvalue weighted by molar-refractivity contribution is -0.123. The molecule has 2 aromatic rings. The zero-order valence-electron chi connectivity index (χ0n) is 22.4. The Balaban J connectivity index is 1.86. The van der Waals surface area contributed by atoms with E-state index in [0.29, 0.717) is 11.4 Å². The van der Waals surface area contributed by atoms with Crippen LogP contribution in [0.4, 0.5) is 10.5 Å². The molecule has 0 saturated carbocycles. The van der Waals surface area contributed by atoms with Crippen LogP contribution in [-0.2, 0) is 26.3 Å². The third kappa shape index (κ3) is 9.98. The van der Waals surface area contributed by atoms with E-state index in [0.717, 1.165) is 16.7 Å². The summed E-state index contributed by atoms with van der Waals surface area (Å²) in [4.78, 5) is 36.5. The molecule has 0 saturated heterocycles. The summed E-state index contributed by atoms with van der Waals surface area (Å²) < 4.78 is 11.0. The monoisotopic (exact) mass is 497 g/mol. The van der Waals surface area contributed by atoms with Crippen LogP contribution in [-0.4, -0.2) is 36.7 Å². The number of aryl methyl sites for hydroxylation is 1. The Hall–Kier alpha value is -3.55. The van der Waals surface area contributed by atoms with Gasteiger partial charge in [-0.15, -0.1) is 0 Å². The Morgan fingerprint density at radius 2 is 1.58 bits per heavy atom. The highest BCUT2D eigenvalue weighted by Gasteiger charge is 2.20. The number of rotatable bonds is 9. The van der Waals surface area contributed by atoms with Gasteiger partial charge in [-0.25, -0.2) is 4.79 Å². The molecular formula is C28H39N3O5. The number of nitrogens with one attached hydrogen (secondary N) is 3. The van der Waals surface area contributed by atoms with Crippen molar-refractivity contribution in [2.24, 2.45) is 0 Å². The van der Waals surface area contributed by atoms with Crippen LogP contribution in [0.25, 0.3) is 0 Å². The van der Waals surface area contributed by atoms with E-state index in [2.05, 4.69) is 42.8 Å². The fourth-order valence-corrected chi connectivity index (χ4v) is 3.35. The molecule has 196 valence electrons. The largest absolute Gasteiger partial charge is 0.483 e. The second-order valence-corrected chi connectivity index (χ2v) is 10.7. The van der Waals surface area contributed by atoms with Crippen LogP contribution < -0.4 is 20.7 Å². The van der Waals surface area contributed by atoms with E-state index in [9.17, 15) is 14.4 Å². The molecule has 3 amide bonds. The molecule has 3 N–H and O–H groups in total. The average molecular weight is 498 g/mol. The Kier molecular flexibility index (Phi) is 9.90. The van der Waals surface area contributed by atoms with Crippen molar-refractivity contribution in [3.8, 4) is 5.75 Å². The van der Waals surface area contributed by atoms with Crippen LogP contribution in [0, 0.1) is 6.92 Å². The minimum atomic E-state index is -0.601. The fraction of sp³-hybridized carbons (Fsp3) is 0.464. The molecule has 2 rings (SSSR count). The van der Waals surface area contributed by atoms with Crippen LogP contribution in [0.1, 0.15) is 64.7 Å². The van der Waals surface area contributed by atoms with Gasteiger partial charge in [0.2, 0.25) is 5.91 Å². The molecule has 0 atom stereocenters. The molecule has 0 aromatic heterocycles. The smallest absolute Gasteiger partial charge is 0.407 e. The highest BCUT2D eigenvalue weighted by molar-refractivity contribution is 5.92. The quantitative estimate of drug-likeness (QED) is 0.460. The van der Waals surface area contributed by atoms with Gasteiger partial charge in [0.25, 0.3) is 5.91 Å². The van der Waals surface area contributed by atoms with Gasteiger partial charge in [-0.05, 0) is 56.4 Å². The molecule has 36 heavy (non-hydrogen) atoms. The van der Waals surface area contributed by atoms with Gasteiger partial charge in [-0.1, -0.05) is 56.7 Å². The molecule has 0 unspecified atom stereocenters. The van der Waals surface area contributed by atoms with Crippen molar-refractivity contribution < 1.29 is 23.9 Å². The lowest BCUT2D eigenvalue weighted by Gasteiger charge is -2.23. The predicted octanol–water partition coefficient (Wildman–Crippen LogP) is 4.84. The predicted molar refractivity (Wildman–Crippen MR) is 141 cm³/mol. The van der Waals surface area contributed by atoms with Gasteiger partial charge in [-0.3, -0.25) is 9.59 Å². The number of carbonyl (C=O) groups is 3. The topological polar surface area (TPSA) is 106 Å². The van der Waals surface area contributed by atoms with Crippen molar-refractivity contribution in [2.75, 3.05) is 18.5 Å². The number of hydrogen-bond donors (Lipinski definition) is 3. The summed E-state index contributed by atoms with van der Waals surface area (Å²) in [5.74, 6) is 0.163. The number of alkyl carbamates (subject to hydrolysis) is 1. The van der Waals surface area contributed by atoms with Crippen LogP contribution in [0.5, 0.6) is 5.75 Å². The Bertz CT molecular complexity index is 1070. The van der Waals surface area contributed by atoms with Crippen molar-refractivity contribution in [3.05, 3.63) is 59.2 Å². The van der Waals surface area contributed by atoms with Gasteiger partial charge in [0.15, 0.2) is 6.61 Å². The first-order valence-electron chi connectivity index (χ1n) is 12.1. The lowest BCUT2D eigenvalue weighted by atomic mass is 9.85. The first-order chi connectivity index (χ1) is 16.7. The highest BCUT2D eigenvalue weighted by atomic mass is 16.6. The van der Waals surface area contributed by atoms with E-state index in [4.69, 9.17) is 9.47 Å². The molecular weight excluding hydrogens is 458 g/mol. The summed E-state index contributed by atoms with van der Waals surface area (Å²) >= 11 is 0. The molecule has 0 bridgehead atoms. The normalized spacial score (nSPS) is 11.4. The Morgan fingerprint density at radius 1 is 0.889 bits per heavy atom. The van der Waals surface area contributed by atoms with Gasteiger partial charge >= 0.3 is 6.09 Å². The number of hydrogen-bond acceptors (Lipinski definition) is 5. The average Bonchev–Trinajstić information content (AvgIpc) is 2.75. The van der Waals surface area contributed by atoms with Gasteiger partial charge in [0, 0.05) is 25.2 Å². The summed E-state index contributed by atoms with van der Waals surface area (Å²) in [5, 5.41) is 8.23. The van der Waals surface area contributed by atoms with E-state index >= 15 is 0 Å². The number of ether oxygens (including phenoxy) is 2. The lowest BCUT2D eigenvalue weighted by Crippen LogP contribution is -2.34. The van der Waals surface area contributed by atoms with Crippen molar-refractivity contribution in [1.82, 2.24) is 10.6 Å². The molecule has 8 heteroatoms. The van der Waals surface area contributed by atoms with E-state index in [-0.39, 0.29) is 43.3 Å². The summed E-state index contributed by atoms with van der Waals surface area (Å²) in [6.45, 7) is 13.9. The van der Waals surface area contributed by atoms with Gasteiger partial charge < -0.3 is 25.4 Å². The highest BCUT2D eigenvalue weighted by Crippen LogP contribution is 2.32. The zero-order valence-corrected chi connectivity index (χ0v) is 22.4. The maximum absolute atomic E-state index is 12.5. The van der Waals surface area contributed by atoms with Crippen LogP contribution in [0.3, 0.4) is 0 Å². The fourth-order valence-electron chi connectivity index (χ4n) is 3.35. The first kappa shape index (κ1) is 28.7. The number of benzene rings is 2. The SMILES string of the molecule is Cc1ccc(OCC(=O)NCc2ccccc2NC(=O)CCNC(=O)OC(C)(C)C)c(C(C)(C)C)c1. The molecule has 0 fully saturated rings. The van der Waals surface area contributed by atoms with Crippen molar-refractivity contribution in [2.45, 2.75) is 72.4 Å². The van der Waals surface area contributed by atoms with Crippen molar-refractivity contribution in [3.63, 3.8) is 0 Å². The van der Waals surface area contributed by atoms with Crippen LogP contribution in [0.2, 0.25) is 0 Å².